The first-order valence-corrected chi connectivity index (χ1v) is 14.6. The van der Waals surface area contributed by atoms with Crippen LogP contribution >= 0.6 is 0 Å². The molecule has 5 N–H and O–H groups in total. The number of fused-ring (bicyclic) bond motifs is 1. The number of aliphatic hydroxyl groups excluding tert-OH is 1. The monoisotopic (exact) mass is 540 g/mol. The fourth-order valence-electron chi connectivity index (χ4n) is 6.32. The molecule has 2 heterocycles. The zero-order valence-corrected chi connectivity index (χ0v) is 21.9. The first-order chi connectivity index (χ1) is 17.3. The molecule has 5 aliphatic rings. The first kappa shape index (κ1) is 26.4. The third-order valence-electron chi connectivity index (χ3n) is 9.04. The first-order valence-electron chi connectivity index (χ1n) is 13.1. The highest BCUT2D eigenvalue weighted by Gasteiger charge is 2.70. The third-order valence-corrected chi connectivity index (χ3v) is 9.98. The standard InChI is InChI=1S/C24H36N4O8S/c1-24(2)14-10-28(22(32)17(11-3-4-11)27-20(30)12-5-6-12)18(16(14)24)21(31)26-15(23(33)37(34,35)36)9-13-7-8-25-19(13)29/h11-18,23,33H,3-10H2,1-2H3,(H,25,29)(H,26,31)(H,27,30)(H,34,35,36)/t13-,14-,15-,16-,17-,18-,23?/m0/s1. The van der Waals surface area contributed by atoms with Crippen LogP contribution in [0.4, 0.5) is 0 Å². The predicted molar refractivity (Wildman–Crippen MR) is 129 cm³/mol. The lowest BCUT2D eigenvalue weighted by Crippen LogP contribution is -2.59. The van der Waals surface area contributed by atoms with E-state index >= 15 is 0 Å². The van der Waals surface area contributed by atoms with Crippen molar-refractivity contribution < 1.29 is 37.3 Å². The number of carbonyl (C=O) groups excluding carboxylic acids is 4. The van der Waals surface area contributed by atoms with Crippen molar-refractivity contribution in [1.29, 1.82) is 0 Å². The SMILES string of the molecule is CC1(C)[C@@H]2[C@@H](C(=O)N[C@@H](C[C@@H]3CCNC3=O)C(O)S(=O)(=O)O)N(C(=O)[C@@H](NC(=O)C3CC3)C3CC3)C[C@@H]21. The van der Waals surface area contributed by atoms with Crippen molar-refractivity contribution in [2.24, 2.45) is 35.0 Å². The molecule has 0 radical (unpaired) electrons. The summed E-state index contributed by atoms with van der Waals surface area (Å²) in [6.45, 7) is 4.74. The Balaban J connectivity index is 1.35. The van der Waals surface area contributed by atoms with Gasteiger partial charge in [0.25, 0.3) is 10.1 Å². The molecule has 0 bridgehead atoms. The number of likely N-dealkylation sites (tertiary alicyclic amines) is 1. The largest absolute Gasteiger partial charge is 0.374 e. The predicted octanol–water partition coefficient (Wildman–Crippen LogP) is -1.01. The molecule has 0 aromatic carbocycles. The highest BCUT2D eigenvalue weighted by Crippen LogP contribution is 2.65. The molecule has 2 aliphatic heterocycles. The molecule has 206 valence electrons. The average molecular weight is 541 g/mol. The minimum absolute atomic E-state index is 0.0267. The van der Waals surface area contributed by atoms with E-state index < -0.39 is 45.5 Å². The summed E-state index contributed by atoms with van der Waals surface area (Å²) in [5, 5.41) is 18.4. The molecule has 5 rings (SSSR count). The number of rotatable bonds is 10. The maximum absolute atomic E-state index is 13.7. The molecule has 2 saturated heterocycles. The molecule has 4 amide bonds. The smallest absolute Gasteiger partial charge is 0.294 e. The van der Waals surface area contributed by atoms with E-state index in [1.807, 2.05) is 13.8 Å². The van der Waals surface area contributed by atoms with E-state index in [4.69, 9.17) is 0 Å². The fraction of sp³-hybridized carbons (Fsp3) is 0.833. The van der Waals surface area contributed by atoms with Gasteiger partial charge in [-0.15, -0.1) is 0 Å². The summed E-state index contributed by atoms with van der Waals surface area (Å²) in [6, 6.07) is -3.06. The van der Waals surface area contributed by atoms with E-state index in [2.05, 4.69) is 16.0 Å². The molecular weight excluding hydrogens is 504 g/mol. The molecule has 0 spiro atoms. The van der Waals surface area contributed by atoms with Crippen LogP contribution in [0.1, 0.15) is 52.4 Å². The summed E-state index contributed by atoms with van der Waals surface area (Å²) in [4.78, 5) is 53.4. The topological polar surface area (TPSA) is 182 Å². The van der Waals surface area contributed by atoms with Crippen molar-refractivity contribution in [2.45, 2.75) is 75.9 Å². The highest BCUT2D eigenvalue weighted by molar-refractivity contribution is 7.86. The lowest BCUT2D eigenvalue weighted by atomic mass is 9.96. The van der Waals surface area contributed by atoms with Gasteiger partial charge in [0.2, 0.25) is 29.1 Å². The van der Waals surface area contributed by atoms with Crippen LogP contribution in [0.5, 0.6) is 0 Å². The molecule has 12 nitrogen and oxygen atoms in total. The van der Waals surface area contributed by atoms with E-state index in [-0.39, 0.29) is 53.2 Å². The van der Waals surface area contributed by atoms with E-state index in [1.165, 1.54) is 4.90 Å². The maximum Gasteiger partial charge on any atom is 0.294 e. The van der Waals surface area contributed by atoms with Crippen molar-refractivity contribution in [3.05, 3.63) is 0 Å². The van der Waals surface area contributed by atoms with Crippen LogP contribution < -0.4 is 16.0 Å². The minimum Gasteiger partial charge on any atom is -0.374 e. The van der Waals surface area contributed by atoms with E-state index in [0.29, 0.717) is 19.5 Å². The molecule has 7 atom stereocenters. The Kier molecular flexibility index (Phi) is 6.55. The van der Waals surface area contributed by atoms with Crippen LogP contribution in [0.2, 0.25) is 0 Å². The Morgan fingerprint density at radius 3 is 2.32 bits per heavy atom. The summed E-state index contributed by atoms with van der Waals surface area (Å²) in [6.07, 6.45) is 3.46. The zero-order chi connectivity index (χ0) is 26.9. The Hall–Kier alpha value is -2.25. The quantitative estimate of drug-likeness (QED) is 0.218. The number of aliphatic hydroxyl groups is 1. The molecule has 0 aromatic rings. The van der Waals surface area contributed by atoms with Gasteiger partial charge in [-0.25, -0.2) is 0 Å². The van der Waals surface area contributed by atoms with Crippen molar-refractivity contribution in [1.82, 2.24) is 20.9 Å². The molecule has 13 heteroatoms. The van der Waals surface area contributed by atoms with Gasteiger partial charge in [0.1, 0.15) is 12.1 Å². The van der Waals surface area contributed by atoms with Gasteiger partial charge in [0, 0.05) is 24.9 Å². The number of nitrogens with zero attached hydrogens (tertiary/aromatic N) is 1. The molecule has 0 aromatic heterocycles. The molecule has 3 aliphatic carbocycles. The van der Waals surface area contributed by atoms with Gasteiger partial charge in [0.15, 0.2) is 0 Å². The Morgan fingerprint density at radius 1 is 1.11 bits per heavy atom. The van der Waals surface area contributed by atoms with Crippen LogP contribution in [0.15, 0.2) is 0 Å². The van der Waals surface area contributed by atoms with E-state index in [1.54, 1.807) is 0 Å². The Labute approximate surface area is 216 Å². The Bertz CT molecular complexity index is 1100. The summed E-state index contributed by atoms with van der Waals surface area (Å²) >= 11 is 0. The number of amides is 4. The lowest BCUT2D eigenvalue weighted by Gasteiger charge is -2.34. The van der Waals surface area contributed by atoms with Crippen molar-refractivity contribution in [3.8, 4) is 0 Å². The Morgan fingerprint density at radius 2 is 1.78 bits per heavy atom. The van der Waals surface area contributed by atoms with Crippen LogP contribution in [0.25, 0.3) is 0 Å². The highest BCUT2D eigenvalue weighted by atomic mass is 32.2. The second-order valence-corrected chi connectivity index (χ2v) is 13.5. The molecular formula is C24H36N4O8S. The van der Waals surface area contributed by atoms with Gasteiger partial charge in [-0.05, 0) is 61.7 Å². The van der Waals surface area contributed by atoms with Crippen LogP contribution in [0, 0.1) is 35.0 Å². The number of carbonyl (C=O) groups is 4. The van der Waals surface area contributed by atoms with Gasteiger partial charge < -0.3 is 26.0 Å². The fourth-order valence-corrected chi connectivity index (χ4v) is 6.91. The number of piperidine rings is 1. The van der Waals surface area contributed by atoms with Crippen molar-refractivity contribution in [2.75, 3.05) is 13.1 Å². The molecule has 37 heavy (non-hydrogen) atoms. The van der Waals surface area contributed by atoms with Crippen LogP contribution in [0.3, 0.4) is 0 Å². The van der Waals surface area contributed by atoms with Gasteiger partial charge >= 0.3 is 0 Å². The number of hydrogen-bond donors (Lipinski definition) is 5. The summed E-state index contributed by atoms with van der Waals surface area (Å²) < 4.78 is 33.0. The normalized spacial score (nSPS) is 32.6. The van der Waals surface area contributed by atoms with Crippen molar-refractivity contribution in [3.63, 3.8) is 0 Å². The van der Waals surface area contributed by atoms with Gasteiger partial charge in [-0.1, -0.05) is 13.8 Å². The number of hydrogen-bond acceptors (Lipinski definition) is 7. The summed E-state index contributed by atoms with van der Waals surface area (Å²) in [7, 11) is -4.94. The minimum atomic E-state index is -4.94. The summed E-state index contributed by atoms with van der Waals surface area (Å²) in [5.74, 6) is -2.19. The molecule has 1 unspecified atom stereocenters. The molecule has 5 fully saturated rings. The molecule has 3 saturated carbocycles. The third kappa shape index (κ3) is 5.09. The van der Waals surface area contributed by atoms with Crippen molar-refractivity contribution >= 4 is 33.7 Å². The van der Waals surface area contributed by atoms with Gasteiger partial charge in [-0.3, -0.25) is 23.7 Å². The second kappa shape index (κ2) is 9.19. The van der Waals surface area contributed by atoms with Gasteiger partial charge in [-0.2, -0.15) is 8.42 Å². The lowest BCUT2D eigenvalue weighted by molar-refractivity contribution is -0.144. The van der Waals surface area contributed by atoms with E-state index in [9.17, 15) is 37.3 Å². The zero-order valence-electron chi connectivity index (χ0n) is 21.1. The summed E-state index contributed by atoms with van der Waals surface area (Å²) in [5.41, 5.74) is -2.54. The maximum atomic E-state index is 13.7. The average Bonchev–Trinajstić information content (AvgIpc) is 3.77. The second-order valence-electron chi connectivity index (χ2n) is 12.0. The van der Waals surface area contributed by atoms with Crippen LogP contribution in [-0.4, -0.2) is 83.3 Å². The number of nitrogens with one attached hydrogen (secondary N) is 3. The van der Waals surface area contributed by atoms with E-state index in [0.717, 1.165) is 25.7 Å². The van der Waals surface area contributed by atoms with Gasteiger partial charge in [0.05, 0.1) is 6.04 Å². The van der Waals surface area contributed by atoms with Crippen LogP contribution in [-0.2, 0) is 29.3 Å².